The molecule has 0 spiro atoms. The molecule has 1 aromatic carbocycles. The quantitative estimate of drug-likeness (QED) is 0.522. The van der Waals surface area contributed by atoms with E-state index in [9.17, 15) is 0 Å². The molecule has 0 amide bonds. The highest BCUT2D eigenvalue weighted by Gasteiger charge is 1.95. The molecule has 2 N–H and O–H groups in total. The van der Waals surface area contributed by atoms with Gasteiger partial charge in [-0.15, -0.1) is 11.8 Å². The van der Waals surface area contributed by atoms with Gasteiger partial charge in [0.15, 0.2) is 0 Å². The Morgan fingerprint density at radius 3 is 2.70 bits per heavy atom. The normalized spacial score (nSPS) is 9.80. The SMILES string of the molecule is CSc1ccc(N)c(Cl)c1. The molecule has 0 fully saturated rings. The minimum atomic E-state index is 0.631. The predicted molar refractivity (Wildman–Crippen MR) is 47.6 cm³/mol. The number of halogens is 1. The lowest BCUT2D eigenvalue weighted by Crippen LogP contribution is -1.84. The molecule has 0 heterocycles. The molecular weight excluding hydrogens is 166 g/mol. The van der Waals surface area contributed by atoms with Crippen molar-refractivity contribution < 1.29 is 0 Å². The maximum Gasteiger partial charge on any atom is 0.0646 e. The van der Waals surface area contributed by atoms with Crippen LogP contribution in [0.5, 0.6) is 0 Å². The number of thioether (sulfide) groups is 1. The Morgan fingerprint density at radius 2 is 2.20 bits per heavy atom. The topological polar surface area (TPSA) is 26.0 Å². The van der Waals surface area contributed by atoms with Crippen LogP contribution in [-0.4, -0.2) is 6.26 Å². The number of rotatable bonds is 1. The van der Waals surface area contributed by atoms with Gasteiger partial charge >= 0.3 is 0 Å². The molecule has 0 saturated heterocycles. The van der Waals surface area contributed by atoms with Gasteiger partial charge in [-0.3, -0.25) is 0 Å². The maximum atomic E-state index is 5.75. The molecule has 0 saturated carbocycles. The van der Waals surface area contributed by atoms with E-state index in [2.05, 4.69) is 0 Å². The van der Waals surface area contributed by atoms with Gasteiger partial charge in [0.1, 0.15) is 0 Å². The van der Waals surface area contributed by atoms with Gasteiger partial charge in [0.2, 0.25) is 0 Å². The van der Waals surface area contributed by atoms with Gasteiger partial charge in [-0.05, 0) is 24.5 Å². The van der Waals surface area contributed by atoms with E-state index >= 15 is 0 Å². The van der Waals surface area contributed by atoms with Crippen molar-refractivity contribution in [2.75, 3.05) is 12.0 Å². The Hall–Kier alpha value is -0.340. The predicted octanol–water partition coefficient (Wildman–Crippen LogP) is 2.64. The number of nitrogens with two attached hydrogens (primary N) is 1. The molecule has 1 aromatic rings. The second kappa shape index (κ2) is 3.17. The van der Waals surface area contributed by atoms with Crippen molar-refractivity contribution >= 4 is 29.1 Å². The molecule has 0 aromatic heterocycles. The van der Waals surface area contributed by atoms with E-state index in [1.807, 2.05) is 24.5 Å². The van der Waals surface area contributed by atoms with Gasteiger partial charge in [-0.2, -0.15) is 0 Å². The van der Waals surface area contributed by atoms with Crippen LogP contribution in [0.15, 0.2) is 23.1 Å². The number of nitrogen functional groups attached to an aromatic ring is 1. The summed E-state index contributed by atoms with van der Waals surface area (Å²) < 4.78 is 0. The van der Waals surface area contributed by atoms with Crippen molar-refractivity contribution in [2.24, 2.45) is 0 Å². The van der Waals surface area contributed by atoms with Crippen molar-refractivity contribution in [1.29, 1.82) is 0 Å². The summed E-state index contributed by atoms with van der Waals surface area (Å²) in [5.74, 6) is 0. The fourth-order valence-corrected chi connectivity index (χ4v) is 1.32. The molecular formula is C7H8ClNS. The summed E-state index contributed by atoms with van der Waals surface area (Å²) in [4.78, 5) is 1.14. The number of hydrogen-bond acceptors (Lipinski definition) is 2. The number of benzene rings is 1. The van der Waals surface area contributed by atoms with Crippen LogP contribution in [-0.2, 0) is 0 Å². The highest BCUT2D eigenvalue weighted by molar-refractivity contribution is 7.98. The third-order valence-electron chi connectivity index (χ3n) is 1.21. The van der Waals surface area contributed by atoms with Crippen molar-refractivity contribution in [2.45, 2.75) is 4.90 Å². The fourth-order valence-electron chi connectivity index (χ4n) is 0.635. The van der Waals surface area contributed by atoms with Crippen LogP contribution in [0.1, 0.15) is 0 Å². The molecule has 1 rings (SSSR count). The minimum absolute atomic E-state index is 0.631. The third-order valence-corrected chi connectivity index (χ3v) is 2.26. The molecule has 3 heteroatoms. The summed E-state index contributed by atoms with van der Waals surface area (Å²) in [5, 5.41) is 0.631. The minimum Gasteiger partial charge on any atom is -0.398 e. The lowest BCUT2D eigenvalue weighted by atomic mass is 10.3. The van der Waals surface area contributed by atoms with Gasteiger partial charge < -0.3 is 5.73 Å². The zero-order chi connectivity index (χ0) is 7.56. The molecule has 54 valence electrons. The highest BCUT2D eigenvalue weighted by atomic mass is 35.5. The van der Waals surface area contributed by atoms with Crippen LogP contribution in [0, 0.1) is 0 Å². The van der Waals surface area contributed by atoms with Crippen LogP contribution >= 0.6 is 23.4 Å². The first-order chi connectivity index (χ1) is 4.74. The van der Waals surface area contributed by atoms with Gasteiger partial charge in [0.05, 0.1) is 10.7 Å². The molecule has 0 unspecified atom stereocenters. The lowest BCUT2D eigenvalue weighted by molar-refractivity contribution is 1.47. The van der Waals surface area contributed by atoms with E-state index in [1.165, 1.54) is 0 Å². The summed E-state index contributed by atoms with van der Waals surface area (Å²) in [7, 11) is 0. The van der Waals surface area contributed by atoms with Crippen LogP contribution in [0.4, 0.5) is 5.69 Å². The first-order valence-electron chi connectivity index (χ1n) is 2.83. The zero-order valence-electron chi connectivity index (χ0n) is 5.60. The lowest BCUT2D eigenvalue weighted by Gasteiger charge is -1.98. The average molecular weight is 174 g/mol. The smallest absolute Gasteiger partial charge is 0.0646 e. The molecule has 0 aliphatic rings. The monoisotopic (exact) mass is 173 g/mol. The largest absolute Gasteiger partial charge is 0.398 e. The average Bonchev–Trinajstić information content (AvgIpc) is 1.95. The summed E-state index contributed by atoms with van der Waals surface area (Å²) in [6.45, 7) is 0. The molecule has 0 bridgehead atoms. The first kappa shape index (κ1) is 7.76. The third kappa shape index (κ3) is 1.58. The standard InChI is InChI=1S/C7H8ClNS/c1-10-5-2-3-7(9)6(8)4-5/h2-4H,9H2,1H3. The van der Waals surface area contributed by atoms with Crippen LogP contribution in [0.25, 0.3) is 0 Å². The highest BCUT2D eigenvalue weighted by Crippen LogP contribution is 2.24. The van der Waals surface area contributed by atoms with E-state index in [-0.39, 0.29) is 0 Å². The summed E-state index contributed by atoms with van der Waals surface area (Å²) in [6, 6.07) is 5.63. The van der Waals surface area contributed by atoms with Gasteiger partial charge in [0.25, 0.3) is 0 Å². The Bertz CT molecular complexity index is 237. The molecule has 0 aliphatic carbocycles. The fraction of sp³-hybridized carbons (Fsp3) is 0.143. The number of anilines is 1. The second-order valence-corrected chi connectivity index (χ2v) is 3.17. The van der Waals surface area contributed by atoms with Crippen molar-refractivity contribution in [3.8, 4) is 0 Å². The summed E-state index contributed by atoms with van der Waals surface area (Å²) in [6.07, 6.45) is 2.00. The van der Waals surface area contributed by atoms with Crippen LogP contribution in [0.2, 0.25) is 5.02 Å². The van der Waals surface area contributed by atoms with E-state index in [4.69, 9.17) is 17.3 Å². The van der Waals surface area contributed by atoms with Crippen LogP contribution < -0.4 is 5.73 Å². The van der Waals surface area contributed by atoms with Gasteiger partial charge in [-0.25, -0.2) is 0 Å². The van der Waals surface area contributed by atoms with E-state index < -0.39 is 0 Å². The molecule has 1 nitrogen and oxygen atoms in total. The Balaban J connectivity index is 3.04. The summed E-state index contributed by atoms with van der Waals surface area (Å²) >= 11 is 7.41. The van der Waals surface area contributed by atoms with E-state index in [0.29, 0.717) is 10.7 Å². The van der Waals surface area contributed by atoms with Crippen molar-refractivity contribution in [1.82, 2.24) is 0 Å². The van der Waals surface area contributed by atoms with Gasteiger partial charge in [0, 0.05) is 4.90 Å². The van der Waals surface area contributed by atoms with E-state index in [0.717, 1.165) is 4.90 Å². The summed E-state index contributed by atoms with van der Waals surface area (Å²) in [5.41, 5.74) is 6.14. The zero-order valence-corrected chi connectivity index (χ0v) is 7.17. The molecule has 0 atom stereocenters. The second-order valence-electron chi connectivity index (χ2n) is 1.89. The van der Waals surface area contributed by atoms with Crippen molar-refractivity contribution in [3.63, 3.8) is 0 Å². The first-order valence-corrected chi connectivity index (χ1v) is 4.43. The van der Waals surface area contributed by atoms with Crippen molar-refractivity contribution in [3.05, 3.63) is 23.2 Å². The van der Waals surface area contributed by atoms with Crippen LogP contribution in [0.3, 0.4) is 0 Å². The molecule has 0 radical (unpaired) electrons. The number of hydrogen-bond donors (Lipinski definition) is 1. The molecule has 0 aliphatic heterocycles. The Labute approximate surface area is 69.6 Å². The van der Waals surface area contributed by atoms with Gasteiger partial charge in [-0.1, -0.05) is 11.6 Å². The Kier molecular flexibility index (Phi) is 2.46. The molecule has 10 heavy (non-hydrogen) atoms. The maximum absolute atomic E-state index is 5.75. The van der Waals surface area contributed by atoms with E-state index in [1.54, 1.807) is 11.8 Å². The Morgan fingerprint density at radius 1 is 1.50 bits per heavy atom.